The fourth-order valence-corrected chi connectivity index (χ4v) is 1.39. The lowest BCUT2D eigenvalue weighted by atomic mass is 10.2. The first-order chi connectivity index (χ1) is 9.01. The van der Waals surface area contributed by atoms with Crippen molar-refractivity contribution in [3.8, 4) is 0 Å². The van der Waals surface area contributed by atoms with E-state index in [0.29, 0.717) is 24.2 Å². The van der Waals surface area contributed by atoms with E-state index in [9.17, 15) is 9.59 Å². The van der Waals surface area contributed by atoms with Crippen LogP contribution in [0, 0.1) is 0 Å². The summed E-state index contributed by atoms with van der Waals surface area (Å²) in [6.07, 6.45) is 0.502. The molecule has 0 spiro atoms. The molecule has 0 aliphatic rings. The molecule has 0 aromatic heterocycles. The number of hydrogen-bond acceptors (Lipinski definition) is 4. The van der Waals surface area contributed by atoms with E-state index >= 15 is 0 Å². The molecule has 0 radical (unpaired) electrons. The van der Waals surface area contributed by atoms with Crippen molar-refractivity contribution in [2.24, 2.45) is 5.73 Å². The lowest BCUT2D eigenvalue weighted by Crippen LogP contribution is -2.19. The number of nitrogens with two attached hydrogens (primary N) is 1. The Balaban J connectivity index is 2.47. The number of ether oxygens (including phenoxy) is 1. The molecule has 0 aliphatic heterocycles. The van der Waals surface area contributed by atoms with Crippen molar-refractivity contribution in [1.82, 2.24) is 0 Å². The summed E-state index contributed by atoms with van der Waals surface area (Å²) in [6.45, 7) is 1.86. The molecule has 6 nitrogen and oxygen atoms in total. The first-order valence-corrected chi connectivity index (χ1v) is 6.01. The summed E-state index contributed by atoms with van der Waals surface area (Å²) in [5.41, 5.74) is 6.85. The van der Waals surface area contributed by atoms with E-state index in [0.717, 1.165) is 0 Å². The number of nitrogens with one attached hydrogen (secondary N) is 2. The third-order valence-electron chi connectivity index (χ3n) is 2.43. The molecule has 0 aliphatic carbocycles. The predicted molar refractivity (Wildman–Crippen MR) is 74.0 cm³/mol. The maximum Gasteiger partial charge on any atom is 0.411 e. The van der Waals surface area contributed by atoms with E-state index in [1.54, 1.807) is 24.3 Å². The van der Waals surface area contributed by atoms with Crippen LogP contribution < -0.4 is 16.4 Å². The summed E-state index contributed by atoms with van der Waals surface area (Å²) in [5, 5.41) is 5.28. The van der Waals surface area contributed by atoms with Gasteiger partial charge >= 0.3 is 6.09 Å². The van der Waals surface area contributed by atoms with E-state index in [1.165, 1.54) is 7.11 Å². The van der Waals surface area contributed by atoms with Gasteiger partial charge in [-0.2, -0.15) is 0 Å². The molecule has 1 rings (SSSR count). The minimum atomic E-state index is -0.534. The van der Waals surface area contributed by atoms with Crippen LogP contribution in [-0.2, 0) is 9.53 Å². The van der Waals surface area contributed by atoms with E-state index in [1.807, 2.05) is 6.92 Å². The second-order valence-electron chi connectivity index (χ2n) is 4.26. The van der Waals surface area contributed by atoms with Gasteiger partial charge in [0.1, 0.15) is 0 Å². The smallest absolute Gasteiger partial charge is 0.411 e. The first-order valence-electron chi connectivity index (χ1n) is 6.01. The normalized spacial score (nSPS) is 11.5. The predicted octanol–water partition coefficient (Wildman–Crippen LogP) is 1.93. The van der Waals surface area contributed by atoms with Crippen molar-refractivity contribution in [3.63, 3.8) is 0 Å². The fourth-order valence-electron chi connectivity index (χ4n) is 1.39. The van der Waals surface area contributed by atoms with Gasteiger partial charge in [0.2, 0.25) is 5.91 Å². The van der Waals surface area contributed by atoms with Crippen molar-refractivity contribution in [1.29, 1.82) is 0 Å². The van der Waals surface area contributed by atoms with Gasteiger partial charge in [-0.3, -0.25) is 10.1 Å². The highest BCUT2D eigenvalue weighted by Crippen LogP contribution is 2.14. The summed E-state index contributed by atoms with van der Waals surface area (Å²) in [5.74, 6) is -0.0778. The molecule has 4 N–H and O–H groups in total. The Labute approximate surface area is 112 Å². The second-order valence-corrected chi connectivity index (χ2v) is 4.26. The van der Waals surface area contributed by atoms with Gasteiger partial charge in [0.05, 0.1) is 7.11 Å². The zero-order chi connectivity index (χ0) is 14.3. The second kappa shape index (κ2) is 7.38. The van der Waals surface area contributed by atoms with Gasteiger partial charge in [-0.15, -0.1) is 0 Å². The molecule has 1 atom stereocenters. The van der Waals surface area contributed by atoms with Crippen molar-refractivity contribution in [3.05, 3.63) is 24.3 Å². The molecule has 104 valence electrons. The third kappa shape index (κ3) is 5.87. The molecule has 19 heavy (non-hydrogen) atoms. The van der Waals surface area contributed by atoms with Crippen molar-refractivity contribution in [2.45, 2.75) is 25.8 Å². The maximum absolute atomic E-state index is 11.6. The number of benzene rings is 1. The SMILES string of the molecule is COC(=O)Nc1ccc(NC(=O)CCC(C)N)cc1. The summed E-state index contributed by atoms with van der Waals surface area (Å²) in [7, 11) is 1.29. The van der Waals surface area contributed by atoms with Crippen LogP contribution in [0.15, 0.2) is 24.3 Å². The number of anilines is 2. The van der Waals surface area contributed by atoms with Gasteiger partial charge in [-0.1, -0.05) is 0 Å². The standard InChI is InChI=1S/C13H19N3O3/c1-9(14)3-8-12(17)15-10-4-6-11(7-5-10)16-13(18)19-2/h4-7,9H,3,8,14H2,1-2H3,(H,15,17)(H,16,18). The minimum absolute atomic E-state index is 0.0115. The Morgan fingerprint density at radius 3 is 2.21 bits per heavy atom. The van der Waals surface area contributed by atoms with Gasteiger partial charge in [0.25, 0.3) is 0 Å². The molecular formula is C13H19N3O3. The van der Waals surface area contributed by atoms with Crippen molar-refractivity contribution in [2.75, 3.05) is 17.7 Å². The van der Waals surface area contributed by atoms with Gasteiger partial charge in [0, 0.05) is 23.8 Å². The van der Waals surface area contributed by atoms with E-state index in [2.05, 4.69) is 15.4 Å². The van der Waals surface area contributed by atoms with Crippen LogP contribution in [0.25, 0.3) is 0 Å². The summed E-state index contributed by atoms with van der Waals surface area (Å²) in [4.78, 5) is 22.5. The number of methoxy groups -OCH3 is 1. The number of amides is 2. The van der Waals surface area contributed by atoms with E-state index < -0.39 is 6.09 Å². The average Bonchev–Trinajstić information content (AvgIpc) is 2.38. The Morgan fingerprint density at radius 1 is 1.21 bits per heavy atom. The highest BCUT2D eigenvalue weighted by molar-refractivity contribution is 5.91. The molecule has 0 bridgehead atoms. The molecule has 1 aromatic carbocycles. The summed E-state index contributed by atoms with van der Waals surface area (Å²) in [6, 6.07) is 6.78. The molecule has 1 unspecified atom stereocenters. The molecule has 0 saturated heterocycles. The first kappa shape index (κ1) is 15.0. The van der Waals surface area contributed by atoms with Crippen LogP contribution in [0.3, 0.4) is 0 Å². The van der Waals surface area contributed by atoms with Crippen LogP contribution in [0.5, 0.6) is 0 Å². The molecule has 2 amide bonds. The van der Waals surface area contributed by atoms with Crippen molar-refractivity contribution < 1.29 is 14.3 Å². The number of rotatable bonds is 5. The largest absolute Gasteiger partial charge is 0.453 e. The van der Waals surface area contributed by atoms with Gasteiger partial charge in [-0.05, 0) is 37.6 Å². The topological polar surface area (TPSA) is 93.5 Å². The lowest BCUT2D eigenvalue weighted by Gasteiger charge is -2.08. The molecule has 0 saturated carbocycles. The molecule has 1 aromatic rings. The molecular weight excluding hydrogens is 246 g/mol. The van der Waals surface area contributed by atoms with Gasteiger partial charge < -0.3 is 15.8 Å². The van der Waals surface area contributed by atoms with E-state index in [-0.39, 0.29) is 11.9 Å². The Kier molecular flexibility index (Phi) is 5.81. The van der Waals surface area contributed by atoms with Crippen LogP contribution in [0.4, 0.5) is 16.2 Å². The molecule has 0 fully saturated rings. The number of carbonyl (C=O) groups excluding carboxylic acids is 2. The summed E-state index contributed by atoms with van der Waals surface area (Å²) >= 11 is 0. The Bertz CT molecular complexity index is 429. The maximum atomic E-state index is 11.6. The molecule has 6 heteroatoms. The van der Waals surface area contributed by atoms with Crippen LogP contribution >= 0.6 is 0 Å². The van der Waals surface area contributed by atoms with Crippen LogP contribution in [0.2, 0.25) is 0 Å². The molecule has 0 heterocycles. The van der Waals surface area contributed by atoms with Gasteiger partial charge in [0.15, 0.2) is 0 Å². The zero-order valence-electron chi connectivity index (χ0n) is 11.1. The third-order valence-corrected chi connectivity index (χ3v) is 2.43. The minimum Gasteiger partial charge on any atom is -0.453 e. The van der Waals surface area contributed by atoms with E-state index in [4.69, 9.17) is 5.73 Å². The quantitative estimate of drug-likeness (QED) is 0.758. The number of hydrogen-bond donors (Lipinski definition) is 3. The Morgan fingerprint density at radius 2 is 1.74 bits per heavy atom. The van der Waals surface area contributed by atoms with Crippen LogP contribution in [0.1, 0.15) is 19.8 Å². The summed E-state index contributed by atoms with van der Waals surface area (Å²) < 4.78 is 4.47. The van der Waals surface area contributed by atoms with Gasteiger partial charge in [-0.25, -0.2) is 4.79 Å². The Hall–Kier alpha value is -2.08. The zero-order valence-corrected chi connectivity index (χ0v) is 11.1. The monoisotopic (exact) mass is 265 g/mol. The lowest BCUT2D eigenvalue weighted by molar-refractivity contribution is -0.116. The average molecular weight is 265 g/mol. The van der Waals surface area contributed by atoms with Crippen LogP contribution in [-0.4, -0.2) is 25.2 Å². The van der Waals surface area contributed by atoms with Crippen molar-refractivity contribution >= 4 is 23.4 Å². The number of carbonyl (C=O) groups is 2. The fraction of sp³-hybridized carbons (Fsp3) is 0.385. The highest BCUT2D eigenvalue weighted by atomic mass is 16.5. The highest BCUT2D eigenvalue weighted by Gasteiger charge is 2.05.